The molecule has 6 heteroatoms. The van der Waals surface area contributed by atoms with Gasteiger partial charge < -0.3 is 14.4 Å². The number of aliphatic hydroxyl groups excluding tert-OH is 1. The Morgan fingerprint density at radius 2 is 1.91 bits per heavy atom. The summed E-state index contributed by atoms with van der Waals surface area (Å²) in [6.45, 7) is 8.27. The number of carbonyl (C=O) groups is 1. The van der Waals surface area contributed by atoms with Crippen molar-refractivity contribution in [3.05, 3.63) is 69.1 Å². The van der Waals surface area contributed by atoms with Gasteiger partial charge in [-0.15, -0.1) is 0 Å². The smallest absolute Gasteiger partial charge is 0.344 e. The fourth-order valence-electron chi connectivity index (χ4n) is 4.54. The standard InChI is InChI=1S/C26H30N2O3S/c1-5-31-26(30)23-24(29)22(32-25(23)27-20-12-10-16(2)11-13-20)15-19-14-17(3)28(18(19)4)21-8-6-7-9-21/h10-15,21,29H,5-9H2,1-4H3/b22-15-,27-25?. The number of hydrogen-bond donors (Lipinski definition) is 1. The van der Waals surface area contributed by atoms with E-state index in [0.29, 0.717) is 16.0 Å². The van der Waals surface area contributed by atoms with Gasteiger partial charge in [0.25, 0.3) is 0 Å². The van der Waals surface area contributed by atoms with E-state index < -0.39 is 5.97 Å². The van der Waals surface area contributed by atoms with Crippen LogP contribution in [0.15, 0.2) is 51.6 Å². The van der Waals surface area contributed by atoms with Crippen molar-refractivity contribution in [2.24, 2.45) is 4.99 Å². The lowest BCUT2D eigenvalue weighted by Crippen LogP contribution is -2.12. The first-order valence-electron chi connectivity index (χ1n) is 11.2. The number of aryl methyl sites for hydroxylation is 2. The van der Waals surface area contributed by atoms with Crippen molar-refractivity contribution in [2.45, 2.75) is 59.4 Å². The minimum absolute atomic E-state index is 0.0648. The maximum absolute atomic E-state index is 12.6. The molecule has 0 radical (unpaired) electrons. The summed E-state index contributed by atoms with van der Waals surface area (Å²) in [5.74, 6) is -0.617. The van der Waals surface area contributed by atoms with Gasteiger partial charge >= 0.3 is 5.97 Å². The predicted molar refractivity (Wildman–Crippen MR) is 132 cm³/mol. The largest absolute Gasteiger partial charge is 0.506 e. The second-order valence-corrected chi connectivity index (χ2v) is 9.47. The normalized spacial score (nSPS) is 19.5. The van der Waals surface area contributed by atoms with Crippen LogP contribution in [0.5, 0.6) is 0 Å². The quantitative estimate of drug-likeness (QED) is 0.514. The average molecular weight is 451 g/mol. The Kier molecular flexibility index (Phi) is 6.60. The lowest BCUT2D eigenvalue weighted by molar-refractivity contribution is -0.138. The molecule has 1 aromatic carbocycles. The van der Waals surface area contributed by atoms with E-state index >= 15 is 0 Å². The van der Waals surface area contributed by atoms with Crippen LogP contribution in [0.2, 0.25) is 0 Å². The Morgan fingerprint density at radius 1 is 1.22 bits per heavy atom. The van der Waals surface area contributed by atoms with Gasteiger partial charge in [-0.1, -0.05) is 42.3 Å². The van der Waals surface area contributed by atoms with E-state index in [2.05, 4.69) is 29.5 Å². The third kappa shape index (κ3) is 4.42. The number of rotatable bonds is 5. The van der Waals surface area contributed by atoms with Crippen LogP contribution in [-0.2, 0) is 9.53 Å². The van der Waals surface area contributed by atoms with E-state index in [9.17, 15) is 9.90 Å². The Balaban J connectivity index is 1.73. The first kappa shape index (κ1) is 22.5. The molecule has 4 rings (SSSR count). The van der Waals surface area contributed by atoms with Crippen LogP contribution in [-0.4, -0.2) is 27.3 Å². The van der Waals surface area contributed by atoms with E-state index in [4.69, 9.17) is 4.74 Å². The molecule has 32 heavy (non-hydrogen) atoms. The maximum atomic E-state index is 12.6. The number of aromatic nitrogens is 1. The lowest BCUT2D eigenvalue weighted by Gasteiger charge is -2.17. The van der Waals surface area contributed by atoms with Crippen LogP contribution in [0.25, 0.3) is 6.08 Å². The second kappa shape index (κ2) is 9.41. The molecule has 0 saturated heterocycles. The highest BCUT2D eigenvalue weighted by molar-refractivity contribution is 8.18. The highest BCUT2D eigenvalue weighted by Crippen LogP contribution is 2.41. The van der Waals surface area contributed by atoms with Crippen molar-refractivity contribution in [3.8, 4) is 0 Å². The molecule has 1 fully saturated rings. The van der Waals surface area contributed by atoms with Gasteiger partial charge in [-0.25, -0.2) is 9.79 Å². The molecule has 0 spiro atoms. The minimum Gasteiger partial charge on any atom is -0.506 e. The van der Waals surface area contributed by atoms with E-state index in [-0.39, 0.29) is 17.9 Å². The summed E-state index contributed by atoms with van der Waals surface area (Å²) in [5, 5.41) is 11.4. The van der Waals surface area contributed by atoms with Crippen molar-refractivity contribution in [2.75, 3.05) is 6.61 Å². The van der Waals surface area contributed by atoms with Crippen molar-refractivity contribution in [3.63, 3.8) is 0 Å². The van der Waals surface area contributed by atoms with Gasteiger partial charge in [0.2, 0.25) is 0 Å². The van der Waals surface area contributed by atoms with E-state index in [1.165, 1.54) is 48.8 Å². The molecule has 2 aliphatic rings. The number of thioether (sulfide) groups is 1. The monoisotopic (exact) mass is 450 g/mol. The van der Waals surface area contributed by atoms with Crippen LogP contribution in [0.1, 0.15) is 61.2 Å². The Hall–Kier alpha value is -2.73. The number of aliphatic imine (C=N–C) groups is 1. The molecule has 0 atom stereocenters. The first-order chi connectivity index (χ1) is 15.4. The first-order valence-corrected chi connectivity index (χ1v) is 12.0. The van der Waals surface area contributed by atoms with Crippen molar-refractivity contribution >= 4 is 34.5 Å². The summed E-state index contributed by atoms with van der Waals surface area (Å²) >= 11 is 1.31. The van der Waals surface area contributed by atoms with Gasteiger partial charge in [-0.2, -0.15) is 0 Å². The van der Waals surface area contributed by atoms with Crippen LogP contribution < -0.4 is 0 Å². The number of hydrogen-bond acceptors (Lipinski definition) is 5. The van der Waals surface area contributed by atoms with Gasteiger partial charge in [0.1, 0.15) is 16.4 Å². The molecule has 5 nitrogen and oxygen atoms in total. The zero-order valence-corrected chi connectivity index (χ0v) is 20.0. The van der Waals surface area contributed by atoms with Crippen molar-refractivity contribution in [1.82, 2.24) is 4.57 Å². The van der Waals surface area contributed by atoms with Crippen molar-refractivity contribution in [1.29, 1.82) is 0 Å². The highest BCUT2D eigenvalue weighted by atomic mass is 32.2. The zero-order chi connectivity index (χ0) is 22.8. The number of nitrogens with zero attached hydrogens (tertiary/aromatic N) is 2. The Labute approximate surface area is 193 Å². The Morgan fingerprint density at radius 3 is 2.56 bits per heavy atom. The zero-order valence-electron chi connectivity index (χ0n) is 19.1. The molecule has 1 aliphatic heterocycles. The summed E-state index contributed by atoms with van der Waals surface area (Å²) < 4.78 is 7.64. The minimum atomic E-state index is -0.553. The maximum Gasteiger partial charge on any atom is 0.344 e. The summed E-state index contributed by atoms with van der Waals surface area (Å²) in [6, 6.07) is 10.5. The molecule has 168 valence electrons. The van der Waals surface area contributed by atoms with E-state index in [1.807, 2.05) is 37.3 Å². The average Bonchev–Trinajstić information content (AvgIpc) is 3.44. The van der Waals surface area contributed by atoms with Gasteiger partial charge in [0, 0.05) is 17.4 Å². The van der Waals surface area contributed by atoms with Gasteiger partial charge in [-0.3, -0.25) is 0 Å². The van der Waals surface area contributed by atoms with Crippen molar-refractivity contribution < 1.29 is 14.6 Å². The summed E-state index contributed by atoms with van der Waals surface area (Å²) in [7, 11) is 0. The molecule has 0 amide bonds. The lowest BCUT2D eigenvalue weighted by atomic mass is 10.1. The number of ether oxygens (including phenoxy) is 1. The SMILES string of the molecule is CCOC(=O)C1=C(O)/C(=C/c2cc(C)n(C3CCCC3)c2C)SC1=Nc1ccc(C)cc1. The molecular weight excluding hydrogens is 420 g/mol. The fourth-order valence-corrected chi connectivity index (χ4v) is 5.57. The van der Waals surface area contributed by atoms with Crippen LogP contribution >= 0.6 is 11.8 Å². The molecule has 2 heterocycles. The van der Waals surface area contributed by atoms with E-state index in [1.54, 1.807) is 6.92 Å². The molecule has 1 aromatic heterocycles. The molecule has 0 bridgehead atoms. The third-order valence-electron chi connectivity index (χ3n) is 6.13. The topological polar surface area (TPSA) is 63.8 Å². The number of esters is 1. The molecule has 2 aromatic rings. The Bertz CT molecular complexity index is 1120. The number of carbonyl (C=O) groups excluding carboxylic acids is 1. The van der Waals surface area contributed by atoms with Gasteiger partial charge in [0.15, 0.2) is 0 Å². The molecule has 1 saturated carbocycles. The predicted octanol–water partition coefficient (Wildman–Crippen LogP) is 6.72. The molecular formula is C26H30N2O3S. The van der Waals surface area contributed by atoms with Gasteiger partial charge in [0.05, 0.1) is 17.2 Å². The number of aliphatic hydroxyl groups is 1. The molecule has 0 unspecified atom stereocenters. The number of benzene rings is 1. The highest BCUT2D eigenvalue weighted by Gasteiger charge is 2.33. The molecule has 1 aliphatic carbocycles. The summed E-state index contributed by atoms with van der Waals surface area (Å²) in [6.07, 6.45) is 6.95. The fraction of sp³-hybridized carbons (Fsp3) is 0.385. The van der Waals surface area contributed by atoms with Crippen LogP contribution in [0.3, 0.4) is 0 Å². The van der Waals surface area contributed by atoms with Gasteiger partial charge in [-0.05, 0) is 70.4 Å². The van der Waals surface area contributed by atoms with Crippen LogP contribution in [0, 0.1) is 20.8 Å². The van der Waals surface area contributed by atoms with Crippen LogP contribution in [0.4, 0.5) is 5.69 Å². The van der Waals surface area contributed by atoms with E-state index in [0.717, 1.165) is 16.8 Å². The third-order valence-corrected chi connectivity index (χ3v) is 7.15. The summed E-state index contributed by atoms with van der Waals surface area (Å²) in [5.41, 5.74) is 5.48. The summed E-state index contributed by atoms with van der Waals surface area (Å²) in [4.78, 5) is 17.9. The second-order valence-electron chi connectivity index (χ2n) is 8.44. The molecule has 1 N–H and O–H groups in total.